The Labute approximate surface area is 105 Å². The van der Waals surface area contributed by atoms with Gasteiger partial charge >= 0.3 is 12.0 Å². The number of carboxylic acid groups (broad SMARTS) is 1. The van der Waals surface area contributed by atoms with E-state index in [4.69, 9.17) is 5.11 Å². The number of hydrogen-bond donors (Lipinski definition) is 2. The highest BCUT2D eigenvalue weighted by Gasteiger charge is 2.55. The molecule has 0 aromatic heterocycles. The molecule has 0 radical (unpaired) electrons. The summed E-state index contributed by atoms with van der Waals surface area (Å²) in [4.78, 5) is 35.6. The van der Waals surface area contributed by atoms with Crippen LogP contribution in [0.4, 0.5) is 4.79 Å². The van der Waals surface area contributed by atoms with E-state index in [9.17, 15) is 14.4 Å². The fourth-order valence-electron chi connectivity index (χ4n) is 3.07. The van der Waals surface area contributed by atoms with E-state index in [1.165, 1.54) is 0 Å². The molecule has 3 unspecified atom stereocenters. The minimum atomic E-state index is -1.17. The van der Waals surface area contributed by atoms with Crippen LogP contribution in [0.5, 0.6) is 0 Å². The minimum Gasteiger partial charge on any atom is -0.480 e. The smallest absolute Gasteiger partial charge is 0.325 e. The molecule has 1 spiro atoms. The Balaban J connectivity index is 2.23. The van der Waals surface area contributed by atoms with Crippen molar-refractivity contribution in [1.29, 1.82) is 0 Å². The highest BCUT2D eigenvalue weighted by molar-refractivity contribution is 6.08. The van der Waals surface area contributed by atoms with E-state index in [1.54, 1.807) is 0 Å². The molecule has 0 bridgehead atoms. The molecule has 1 aliphatic heterocycles. The largest absolute Gasteiger partial charge is 0.480 e. The zero-order valence-electron chi connectivity index (χ0n) is 10.6. The molecule has 1 heterocycles. The monoisotopic (exact) mass is 254 g/mol. The summed E-state index contributed by atoms with van der Waals surface area (Å²) >= 11 is 0. The van der Waals surface area contributed by atoms with Crippen LogP contribution >= 0.6 is 0 Å². The molecule has 2 rings (SSSR count). The summed E-state index contributed by atoms with van der Waals surface area (Å²) < 4.78 is 0. The minimum absolute atomic E-state index is 0.0384. The number of urea groups is 1. The second kappa shape index (κ2) is 4.26. The molecule has 0 aromatic carbocycles. The van der Waals surface area contributed by atoms with E-state index in [2.05, 4.69) is 12.2 Å². The van der Waals surface area contributed by atoms with Gasteiger partial charge in [-0.25, -0.2) is 4.79 Å². The van der Waals surface area contributed by atoms with Crippen molar-refractivity contribution in [3.63, 3.8) is 0 Å². The van der Waals surface area contributed by atoms with E-state index in [0.717, 1.165) is 17.7 Å². The van der Waals surface area contributed by atoms with Gasteiger partial charge in [0, 0.05) is 0 Å². The number of carboxylic acids is 1. The maximum atomic E-state index is 12.3. The van der Waals surface area contributed by atoms with Crippen LogP contribution in [0.15, 0.2) is 0 Å². The zero-order chi connectivity index (χ0) is 13.5. The highest BCUT2D eigenvalue weighted by Crippen LogP contribution is 2.40. The number of nitrogens with zero attached hydrogens (tertiary/aromatic N) is 1. The normalized spacial score (nSPS) is 36.0. The van der Waals surface area contributed by atoms with Crippen LogP contribution in [-0.4, -0.2) is 40.0 Å². The van der Waals surface area contributed by atoms with Crippen molar-refractivity contribution in [3.8, 4) is 0 Å². The van der Waals surface area contributed by atoms with E-state index in [-0.39, 0.29) is 11.8 Å². The fourth-order valence-corrected chi connectivity index (χ4v) is 3.07. The van der Waals surface area contributed by atoms with Crippen molar-refractivity contribution in [1.82, 2.24) is 10.2 Å². The van der Waals surface area contributed by atoms with Crippen molar-refractivity contribution in [2.45, 2.75) is 38.6 Å². The summed E-state index contributed by atoms with van der Waals surface area (Å²) in [5.74, 6) is -0.984. The predicted molar refractivity (Wildman–Crippen MR) is 62.8 cm³/mol. The number of aliphatic carboxylic acids is 1. The maximum absolute atomic E-state index is 12.3. The molecule has 0 aromatic rings. The van der Waals surface area contributed by atoms with Gasteiger partial charge in [-0.3, -0.25) is 14.5 Å². The van der Waals surface area contributed by atoms with Crippen molar-refractivity contribution >= 4 is 17.9 Å². The zero-order valence-corrected chi connectivity index (χ0v) is 10.6. The first kappa shape index (κ1) is 12.9. The molecular formula is C12H18N2O4. The van der Waals surface area contributed by atoms with Gasteiger partial charge in [0.05, 0.1) is 0 Å². The second-order valence-electron chi connectivity index (χ2n) is 5.47. The Bertz CT molecular complexity index is 409. The second-order valence-corrected chi connectivity index (χ2v) is 5.47. The summed E-state index contributed by atoms with van der Waals surface area (Å²) in [5, 5.41) is 11.4. The lowest BCUT2D eigenvalue weighted by Gasteiger charge is -2.39. The van der Waals surface area contributed by atoms with Crippen LogP contribution in [0.1, 0.15) is 33.1 Å². The standard InChI is InChI=1S/C12H18N2O4/c1-7-3-4-12(8(2)5-7)10(17)14(6-9(15)16)11(18)13-12/h7-8H,3-6H2,1-2H3,(H,13,18)(H,15,16). The predicted octanol–water partition coefficient (Wildman–Crippen LogP) is 0.818. The lowest BCUT2D eigenvalue weighted by atomic mass is 9.70. The van der Waals surface area contributed by atoms with E-state index in [0.29, 0.717) is 12.3 Å². The molecule has 1 saturated carbocycles. The average Bonchev–Trinajstić information content (AvgIpc) is 2.50. The Kier molecular flexibility index (Phi) is 3.04. The molecule has 6 heteroatoms. The molecule has 3 amide bonds. The molecule has 2 N–H and O–H groups in total. The van der Waals surface area contributed by atoms with Crippen LogP contribution in [0.2, 0.25) is 0 Å². The summed E-state index contributed by atoms with van der Waals surface area (Å²) in [5.41, 5.74) is -0.876. The van der Waals surface area contributed by atoms with Gasteiger partial charge in [0.1, 0.15) is 12.1 Å². The number of nitrogens with one attached hydrogen (secondary N) is 1. The van der Waals surface area contributed by atoms with E-state index >= 15 is 0 Å². The summed E-state index contributed by atoms with van der Waals surface area (Å²) in [7, 11) is 0. The summed E-state index contributed by atoms with van der Waals surface area (Å²) in [6.07, 6.45) is 2.33. The third-order valence-corrected chi connectivity index (χ3v) is 4.12. The van der Waals surface area contributed by atoms with Crippen LogP contribution in [0, 0.1) is 11.8 Å². The Morgan fingerprint density at radius 3 is 2.72 bits per heavy atom. The topological polar surface area (TPSA) is 86.7 Å². The highest BCUT2D eigenvalue weighted by atomic mass is 16.4. The van der Waals surface area contributed by atoms with Crippen molar-refractivity contribution < 1.29 is 19.5 Å². The molecule has 1 aliphatic carbocycles. The number of rotatable bonds is 2. The van der Waals surface area contributed by atoms with Gasteiger partial charge in [-0.1, -0.05) is 13.8 Å². The third-order valence-electron chi connectivity index (χ3n) is 4.12. The first-order valence-electron chi connectivity index (χ1n) is 6.22. The molecule has 2 fully saturated rings. The molecule has 6 nitrogen and oxygen atoms in total. The van der Waals surface area contributed by atoms with Crippen LogP contribution < -0.4 is 5.32 Å². The quantitative estimate of drug-likeness (QED) is 0.714. The number of carbonyl (C=O) groups is 3. The average molecular weight is 254 g/mol. The number of imide groups is 1. The summed E-state index contributed by atoms with van der Waals surface area (Å²) in [6, 6.07) is -0.580. The molecule has 1 saturated heterocycles. The number of hydrogen-bond acceptors (Lipinski definition) is 3. The molecule has 2 aliphatic rings. The van der Waals surface area contributed by atoms with Crippen molar-refractivity contribution in [2.75, 3.05) is 6.54 Å². The van der Waals surface area contributed by atoms with Crippen molar-refractivity contribution in [3.05, 3.63) is 0 Å². The van der Waals surface area contributed by atoms with Gasteiger partial charge in [-0.2, -0.15) is 0 Å². The van der Waals surface area contributed by atoms with E-state index in [1.807, 2.05) is 6.92 Å². The SMILES string of the molecule is CC1CCC2(NC(=O)N(CC(=O)O)C2=O)C(C)C1. The van der Waals surface area contributed by atoms with Gasteiger partial charge in [-0.15, -0.1) is 0 Å². The third kappa shape index (κ3) is 1.85. The molecule has 3 atom stereocenters. The first-order valence-corrected chi connectivity index (χ1v) is 6.22. The fraction of sp³-hybridized carbons (Fsp3) is 0.750. The lowest BCUT2D eigenvalue weighted by molar-refractivity contribution is -0.144. The Morgan fingerprint density at radius 1 is 1.50 bits per heavy atom. The first-order chi connectivity index (χ1) is 8.36. The van der Waals surface area contributed by atoms with Gasteiger partial charge < -0.3 is 10.4 Å². The lowest BCUT2D eigenvalue weighted by Crippen LogP contribution is -2.55. The van der Waals surface area contributed by atoms with Crippen LogP contribution in [0.3, 0.4) is 0 Å². The Hall–Kier alpha value is -1.59. The Morgan fingerprint density at radius 2 is 2.17 bits per heavy atom. The van der Waals surface area contributed by atoms with Crippen LogP contribution in [0.25, 0.3) is 0 Å². The number of carbonyl (C=O) groups excluding carboxylic acids is 2. The van der Waals surface area contributed by atoms with Gasteiger partial charge in [0.15, 0.2) is 0 Å². The van der Waals surface area contributed by atoms with Gasteiger partial charge in [-0.05, 0) is 31.1 Å². The number of amides is 3. The molecule has 18 heavy (non-hydrogen) atoms. The van der Waals surface area contributed by atoms with Gasteiger partial charge in [0.25, 0.3) is 5.91 Å². The van der Waals surface area contributed by atoms with E-state index < -0.39 is 24.1 Å². The molecular weight excluding hydrogens is 236 g/mol. The maximum Gasteiger partial charge on any atom is 0.325 e. The van der Waals surface area contributed by atoms with Crippen LogP contribution in [-0.2, 0) is 9.59 Å². The summed E-state index contributed by atoms with van der Waals surface area (Å²) in [6.45, 7) is 3.51. The van der Waals surface area contributed by atoms with Gasteiger partial charge in [0.2, 0.25) is 0 Å². The molecule has 100 valence electrons. The van der Waals surface area contributed by atoms with Crippen molar-refractivity contribution in [2.24, 2.45) is 11.8 Å².